The minimum Gasteiger partial charge on any atom is -0.481 e. The van der Waals surface area contributed by atoms with Gasteiger partial charge in [0.1, 0.15) is 12.4 Å². The molecule has 21 heavy (non-hydrogen) atoms. The van der Waals surface area contributed by atoms with E-state index in [0.717, 1.165) is 11.0 Å². The van der Waals surface area contributed by atoms with Crippen molar-refractivity contribution >= 4 is 23.9 Å². The van der Waals surface area contributed by atoms with Crippen LogP contribution in [0.3, 0.4) is 0 Å². The number of nitrogens with zero attached hydrogens (tertiary/aromatic N) is 1. The second-order valence-corrected chi connectivity index (χ2v) is 4.18. The molecule has 0 heterocycles. The molecule has 1 aromatic rings. The van der Waals surface area contributed by atoms with Crippen molar-refractivity contribution in [3.63, 3.8) is 0 Å². The van der Waals surface area contributed by atoms with Gasteiger partial charge in [-0.15, -0.1) is 0 Å². The molecule has 112 valence electrons. The smallest absolute Gasteiger partial charge is 0.323 e. The number of rotatable bonds is 7. The lowest BCUT2D eigenvalue weighted by Gasteiger charge is -2.17. The summed E-state index contributed by atoms with van der Waals surface area (Å²) in [6, 6.07) is 5.36. The summed E-state index contributed by atoms with van der Waals surface area (Å²) in [6.07, 6.45) is 2.18. The van der Waals surface area contributed by atoms with E-state index in [4.69, 9.17) is 10.2 Å². The summed E-state index contributed by atoms with van der Waals surface area (Å²) in [4.78, 5) is 33.9. The maximum Gasteiger partial charge on any atom is 0.323 e. The number of carboxylic acid groups (broad SMARTS) is 2. The molecule has 0 radical (unpaired) electrons. The van der Waals surface area contributed by atoms with Crippen LogP contribution in [0.4, 0.5) is 4.39 Å². The Kier molecular flexibility index (Phi) is 6.06. The molecule has 0 saturated heterocycles. The average Bonchev–Trinajstić information content (AvgIpc) is 2.42. The van der Waals surface area contributed by atoms with Crippen LogP contribution in [0.2, 0.25) is 0 Å². The average molecular weight is 295 g/mol. The van der Waals surface area contributed by atoms with Crippen molar-refractivity contribution < 1.29 is 29.0 Å². The lowest BCUT2D eigenvalue weighted by molar-refractivity contribution is -0.144. The summed E-state index contributed by atoms with van der Waals surface area (Å²) in [5, 5.41) is 17.3. The van der Waals surface area contributed by atoms with Crippen LogP contribution in [-0.4, -0.2) is 46.0 Å². The van der Waals surface area contributed by atoms with Gasteiger partial charge in [0.05, 0.1) is 6.42 Å². The van der Waals surface area contributed by atoms with Crippen molar-refractivity contribution in [3.05, 3.63) is 41.7 Å². The molecule has 6 nitrogen and oxygen atoms in total. The third-order valence-corrected chi connectivity index (χ3v) is 2.52. The van der Waals surface area contributed by atoms with E-state index in [-0.39, 0.29) is 13.0 Å². The number of aliphatic carboxylic acids is 2. The fourth-order valence-corrected chi connectivity index (χ4v) is 1.51. The minimum atomic E-state index is -1.23. The van der Waals surface area contributed by atoms with E-state index in [1.54, 1.807) is 0 Å². The predicted molar refractivity (Wildman–Crippen MR) is 71.9 cm³/mol. The van der Waals surface area contributed by atoms with Crippen LogP contribution in [0.1, 0.15) is 12.0 Å². The van der Waals surface area contributed by atoms with Crippen molar-refractivity contribution in [1.82, 2.24) is 4.90 Å². The Balaban J connectivity index is 2.72. The number of amides is 1. The van der Waals surface area contributed by atoms with Crippen molar-refractivity contribution in [2.75, 3.05) is 13.1 Å². The van der Waals surface area contributed by atoms with Gasteiger partial charge in [-0.05, 0) is 23.8 Å². The number of carboxylic acids is 2. The van der Waals surface area contributed by atoms with Gasteiger partial charge in [-0.3, -0.25) is 14.4 Å². The zero-order valence-corrected chi connectivity index (χ0v) is 11.0. The van der Waals surface area contributed by atoms with Gasteiger partial charge in [0.15, 0.2) is 0 Å². The number of hydrogen-bond acceptors (Lipinski definition) is 3. The molecular weight excluding hydrogens is 281 g/mol. The van der Waals surface area contributed by atoms with E-state index >= 15 is 0 Å². The molecule has 0 saturated carbocycles. The molecule has 0 fully saturated rings. The lowest BCUT2D eigenvalue weighted by atomic mass is 10.2. The Hall–Kier alpha value is -2.70. The normalized spacial score (nSPS) is 10.5. The summed E-state index contributed by atoms with van der Waals surface area (Å²) in [6.45, 7) is -0.784. The number of hydrogen-bond donors (Lipinski definition) is 2. The molecular formula is C14H14FNO5. The predicted octanol–water partition coefficient (Wildman–Crippen LogP) is 1.23. The van der Waals surface area contributed by atoms with Crippen LogP contribution >= 0.6 is 0 Å². The monoisotopic (exact) mass is 295 g/mol. The zero-order chi connectivity index (χ0) is 15.8. The highest BCUT2D eigenvalue weighted by molar-refractivity contribution is 5.93. The Labute approximate surface area is 120 Å². The van der Waals surface area contributed by atoms with Crippen molar-refractivity contribution in [2.24, 2.45) is 0 Å². The first-order valence-corrected chi connectivity index (χ1v) is 6.04. The summed E-state index contributed by atoms with van der Waals surface area (Å²) in [5.74, 6) is -3.39. The highest BCUT2D eigenvalue weighted by atomic mass is 19.1. The second kappa shape index (κ2) is 7.78. The molecule has 7 heteroatoms. The van der Waals surface area contributed by atoms with Gasteiger partial charge in [0, 0.05) is 12.6 Å². The Morgan fingerprint density at radius 2 is 1.71 bits per heavy atom. The summed E-state index contributed by atoms with van der Waals surface area (Å²) in [5.41, 5.74) is 0.568. The number of carbonyl (C=O) groups is 3. The minimum absolute atomic E-state index is 0.200. The molecule has 2 N–H and O–H groups in total. The summed E-state index contributed by atoms with van der Waals surface area (Å²) in [7, 11) is 0. The number of carbonyl (C=O) groups excluding carboxylic acids is 1. The van der Waals surface area contributed by atoms with Gasteiger partial charge >= 0.3 is 11.9 Å². The van der Waals surface area contributed by atoms with Gasteiger partial charge in [-0.25, -0.2) is 4.39 Å². The van der Waals surface area contributed by atoms with Crippen LogP contribution in [0, 0.1) is 5.82 Å². The molecule has 0 bridgehead atoms. The lowest BCUT2D eigenvalue weighted by Crippen LogP contribution is -2.36. The largest absolute Gasteiger partial charge is 0.481 e. The van der Waals surface area contributed by atoms with E-state index in [2.05, 4.69) is 0 Å². The van der Waals surface area contributed by atoms with Crippen molar-refractivity contribution in [2.45, 2.75) is 6.42 Å². The standard InChI is InChI=1S/C14H14FNO5/c15-11-4-1-10(2-5-11)3-6-12(17)16(9-14(20)21)8-7-13(18)19/h1-6H,7-9H2,(H,18,19)(H,20,21)/b6-3+. The van der Waals surface area contributed by atoms with Gasteiger partial charge in [0.2, 0.25) is 5.91 Å². The maximum absolute atomic E-state index is 12.7. The SMILES string of the molecule is O=C(O)CCN(CC(=O)O)C(=O)/C=C/c1ccc(F)cc1. The first-order valence-electron chi connectivity index (χ1n) is 6.04. The molecule has 1 rings (SSSR count). The summed E-state index contributed by atoms with van der Waals surface area (Å²) < 4.78 is 12.7. The third kappa shape index (κ3) is 6.33. The van der Waals surface area contributed by atoms with E-state index in [9.17, 15) is 18.8 Å². The molecule has 1 aromatic carbocycles. The fourth-order valence-electron chi connectivity index (χ4n) is 1.51. The Bertz CT molecular complexity index is 553. The third-order valence-electron chi connectivity index (χ3n) is 2.52. The second-order valence-electron chi connectivity index (χ2n) is 4.18. The maximum atomic E-state index is 12.7. The van der Waals surface area contributed by atoms with E-state index in [1.807, 2.05) is 0 Å². The van der Waals surface area contributed by atoms with Crippen molar-refractivity contribution in [1.29, 1.82) is 0 Å². The number of halogens is 1. The molecule has 0 aliphatic rings. The Morgan fingerprint density at radius 3 is 2.24 bits per heavy atom. The quantitative estimate of drug-likeness (QED) is 0.738. The van der Waals surface area contributed by atoms with Crippen LogP contribution in [0.25, 0.3) is 6.08 Å². The van der Waals surface area contributed by atoms with Crippen LogP contribution in [0.5, 0.6) is 0 Å². The van der Waals surface area contributed by atoms with E-state index in [0.29, 0.717) is 5.56 Å². The van der Waals surface area contributed by atoms with Gasteiger partial charge in [-0.1, -0.05) is 12.1 Å². The highest BCUT2D eigenvalue weighted by Gasteiger charge is 2.15. The zero-order valence-electron chi connectivity index (χ0n) is 11.0. The molecule has 0 aromatic heterocycles. The molecule has 1 amide bonds. The first-order chi connectivity index (χ1) is 9.88. The van der Waals surface area contributed by atoms with Crippen LogP contribution in [-0.2, 0) is 14.4 Å². The molecule has 0 aliphatic carbocycles. The Morgan fingerprint density at radius 1 is 1.10 bits per heavy atom. The summed E-state index contributed by atoms with van der Waals surface area (Å²) >= 11 is 0. The first kappa shape index (κ1) is 16.4. The molecule has 0 unspecified atom stereocenters. The van der Waals surface area contributed by atoms with E-state index in [1.165, 1.54) is 30.3 Å². The molecule has 0 spiro atoms. The van der Waals surface area contributed by atoms with Gasteiger partial charge in [-0.2, -0.15) is 0 Å². The van der Waals surface area contributed by atoms with Crippen LogP contribution < -0.4 is 0 Å². The molecule has 0 aliphatic heterocycles. The fraction of sp³-hybridized carbons (Fsp3) is 0.214. The van der Waals surface area contributed by atoms with Crippen molar-refractivity contribution in [3.8, 4) is 0 Å². The number of benzene rings is 1. The van der Waals surface area contributed by atoms with Gasteiger partial charge in [0.25, 0.3) is 0 Å². The highest BCUT2D eigenvalue weighted by Crippen LogP contribution is 2.05. The van der Waals surface area contributed by atoms with E-state index < -0.39 is 30.2 Å². The van der Waals surface area contributed by atoms with Gasteiger partial charge < -0.3 is 15.1 Å². The molecule has 0 atom stereocenters. The van der Waals surface area contributed by atoms with Crippen LogP contribution in [0.15, 0.2) is 30.3 Å². The topological polar surface area (TPSA) is 94.9 Å².